The first-order valence-corrected chi connectivity index (χ1v) is 7.21. The molecule has 1 atom stereocenters. The van der Waals surface area contributed by atoms with Gasteiger partial charge in [0, 0.05) is 11.5 Å². The van der Waals surface area contributed by atoms with Crippen molar-refractivity contribution in [1.29, 1.82) is 0 Å². The Bertz CT molecular complexity index is 658. The van der Waals surface area contributed by atoms with Crippen LogP contribution in [0, 0.1) is 5.92 Å². The summed E-state index contributed by atoms with van der Waals surface area (Å²) >= 11 is 0. The Balaban J connectivity index is 2.53. The molecule has 1 heterocycles. The molecule has 0 saturated carbocycles. The highest BCUT2D eigenvalue weighted by Crippen LogP contribution is 2.41. The molecule has 19 heavy (non-hydrogen) atoms. The van der Waals surface area contributed by atoms with Crippen LogP contribution in [0.4, 0.5) is 0 Å². The third-order valence-electron chi connectivity index (χ3n) is 3.10. The van der Waals surface area contributed by atoms with Crippen LogP contribution in [0.2, 0.25) is 0 Å². The van der Waals surface area contributed by atoms with E-state index < -0.39 is 21.7 Å². The van der Waals surface area contributed by atoms with Crippen molar-refractivity contribution in [2.75, 3.05) is 7.11 Å². The number of carboxylic acids is 1. The highest BCUT2D eigenvalue weighted by atomic mass is 32.2. The summed E-state index contributed by atoms with van der Waals surface area (Å²) in [6.45, 7) is 1.59. The number of sulfone groups is 1. The summed E-state index contributed by atoms with van der Waals surface area (Å²) in [7, 11) is -2.14. The largest absolute Gasteiger partial charge is 0.496 e. The smallest absolute Gasteiger partial charge is 0.303 e. The lowest BCUT2D eigenvalue weighted by atomic mass is 10.1. The Kier molecular flexibility index (Phi) is 3.36. The number of rotatable bonds is 4. The maximum Gasteiger partial charge on any atom is 0.303 e. The first kappa shape index (κ1) is 13.6. The van der Waals surface area contributed by atoms with Gasteiger partial charge in [0.1, 0.15) is 5.75 Å². The van der Waals surface area contributed by atoms with Gasteiger partial charge in [0.25, 0.3) is 0 Å². The molecule has 1 aromatic carbocycles. The van der Waals surface area contributed by atoms with Crippen molar-refractivity contribution in [3.63, 3.8) is 0 Å². The number of hydrogen-bond donors (Lipinski definition) is 1. The van der Waals surface area contributed by atoms with Crippen LogP contribution in [0.5, 0.6) is 5.75 Å². The summed E-state index contributed by atoms with van der Waals surface area (Å²) in [5.74, 6) is -1.12. The lowest BCUT2D eigenvalue weighted by molar-refractivity contribution is -0.137. The lowest BCUT2D eigenvalue weighted by Gasteiger charge is -2.10. The predicted molar refractivity (Wildman–Crippen MR) is 69.6 cm³/mol. The fourth-order valence-electron chi connectivity index (χ4n) is 2.19. The Morgan fingerprint density at radius 3 is 2.68 bits per heavy atom. The van der Waals surface area contributed by atoms with E-state index in [4.69, 9.17) is 9.84 Å². The van der Waals surface area contributed by atoms with E-state index in [0.717, 1.165) is 0 Å². The molecule has 6 heteroatoms. The van der Waals surface area contributed by atoms with Gasteiger partial charge < -0.3 is 9.84 Å². The van der Waals surface area contributed by atoms with Crippen molar-refractivity contribution < 1.29 is 23.1 Å². The van der Waals surface area contributed by atoms with Crippen LogP contribution in [0.25, 0.3) is 6.08 Å². The van der Waals surface area contributed by atoms with Gasteiger partial charge in [0.2, 0.25) is 9.84 Å². The monoisotopic (exact) mass is 282 g/mol. The topological polar surface area (TPSA) is 80.7 Å². The normalized spacial score (nSPS) is 17.5. The maximum absolute atomic E-state index is 12.4. The third-order valence-corrected chi connectivity index (χ3v) is 5.17. The number of ether oxygens (including phenoxy) is 1. The maximum atomic E-state index is 12.4. The van der Waals surface area contributed by atoms with Crippen molar-refractivity contribution in [1.82, 2.24) is 0 Å². The molecule has 0 aliphatic carbocycles. The molecule has 1 aromatic rings. The highest BCUT2D eigenvalue weighted by molar-refractivity contribution is 7.95. The molecule has 0 bridgehead atoms. The van der Waals surface area contributed by atoms with Gasteiger partial charge in [-0.2, -0.15) is 0 Å². The summed E-state index contributed by atoms with van der Waals surface area (Å²) in [5, 5.41) is 8.79. The second-order valence-corrected chi connectivity index (χ2v) is 6.34. The zero-order chi connectivity index (χ0) is 14.2. The standard InChI is InChI=1S/C13H14O5S/c1-8(6-13(14)15)12-7-9-10(18-2)4-3-5-11(9)19(12,16)17/h3-5,7-8H,6H2,1-2H3,(H,14,15). The molecule has 0 saturated heterocycles. The van der Waals surface area contributed by atoms with Crippen LogP contribution in [0.15, 0.2) is 28.0 Å². The van der Waals surface area contributed by atoms with Crippen molar-refractivity contribution in [3.8, 4) is 5.75 Å². The molecule has 0 spiro atoms. The van der Waals surface area contributed by atoms with Gasteiger partial charge in [-0.05, 0) is 18.2 Å². The van der Waals surface area contributed by atoms with E-state index >= 15 is 0 Å². The SMILES string of the molecule is COc1cccc2c1C=C(C(C)CC(=O)O)S2(=O)=O. The van der Waals surface area contributed by atoms with Gasteiger partial charge in [-0.15, -0.1) is 0 Å². The van der Waals surface area contributed by atoms with E-state index in [9.17, 15) is 13.2 Å². The minimum absolute atomic E-state index is 0.134. The first-order valence-electron chi connectivity index (χ1n) is 5.73. The molecule has 2 rings (SSSR count). The number of benzene rings is 1. The van der Waals surface area contributed by atoms with Gasteiger partial charge in [-0.1, -0.05) is 13.0 Å². The molecule has 0 fully saturated rings. The Morgan fingerprint density at radius 1 is 1.42 bits per heavy atom. The molecule has 102 valence electrons. The summed E-state index contributed by atoms with van der Waals surface area (Å²) in [5.41, 5.74) is 0.497. The van der Waals surface area contributed by atoms with E-state index in [1.165, 1.54) is 19.3 Å². The van der Waals surface area contributed by atoms with Crippen molar-refractivity contribution in [3.05, 3.63) is 28.7 Å². The molecule has 5 nitrogen and oxygen atoms in total. The second-order valence-electron chi connectivity index (χ2n) is 4.42. The number of hydrogen-bond acceptors (Lipinski definition) is 4. The third kappa shape index (κ3) is 2.23. The van der Waals surface area contributed by atoms with Crippen LogP contribution < -0.4 is 4.74 Å². The minimum atomic E-state index is -3.61. The molecule has 1 aliphatic rings. The average molecular weight is 282 g/mol. The Labute approximate surface area is 111 Å². The molecule has 1 N–H and O–H groups in total. The van der Waals surface area contributed by atoms with Crippen molar-refractivity contribution in [2.45, 2.75) is 18.2 Å². The zero-order valence-electron chi connectivity index (χ0n) is 10.6. The van der Waals surface area contributed by atoms with Crippen LogP contribution in [0.3, 0.4) is 0 Å². The average Bonchev–Trinajstić information content (AvgIpc) is 2.60. The Hall–Kier alpha value is -1.82. The number of carboxylic acid groups (broad SMARTS) is 1. The van der Waals surface area contributed by atoms with E-state index in [1.807, 2.05) is 0 Å². The van der Waals surface area contributed by atoms with Gasteiger partial charge >= 0.3 is 5.97 Å². The number of allylic oxidation sites excluding steroid dienone is 1. The number of carbonyl (C=O) groups is 1. The summed E-state index contributed by atoms with van der Waals surface area (Å²) in [4.78, 5) is 11.0. The van der Waals surface area contributed by atoms with E-state index in [2.05, 4.69) is 0 Å². The van der Waals surface area contributed by atoms with Crippen LogP contribution in [-0.2, 0) is 14.6 Å². The number of aliphatic carboxylic acids is 1. The highest BCUT2D eigenvalue weighted by Gasteiger charge is 2.34. The van der Waals surface area contributed by atoms with Crippen molar-refractivity contribution >= 4 is 21.9 Å². The van der Waals surface area contributed by atoms with Gasteiger partial charge in [0.05, 0.1) is 23.3 Å². The van der Waals surface area contributed by atoms with Crippen LogP contribution in [0.1, 0.15) is 18.9 Å². The fraction of sp³-hybridized carbons (Fsp3) is 0.308. The second kappa shape index (κ2) is 4.70. The molecule has 0 radical (unpaired) electrons. The molecule has 0 aromatic heterocycles. The summed E-state index contributed by atoms with van der Waals surface area (Å²) < 4.78 is 29.9. The molecule has 1 aliphatic heterocycles. The molecule has 0 amide bonds. The van der Waals surface area contributed by atoms with Gasteiger partial charge in [-0.25, -0.2) is 8.42 Å². The zero-order valence-corrected chi connectivity index (χ0v) is 11.4. The van der Waals surface area contributed by atoms with Crippen LogP contribution in [-0.4, -0.2) is 26.6 Å². The first-order chi connectivity index (χ1) is 8.87. The quantitative estimate of drug-likeness (QED) is 0.912. The summed E-state index contributed by atoms with van der Waals surface area (Å²) in [6.07, 6.45) is 1.29. The Morgan fingerprint density at radius 2 is 2.11 bits per heavy atom. The number of methoxy groups -OCH3 is 1. The van der Waals surface area contributed by atoms with Gasteiger partial charge in [0.15, 0.2) is 0 Å². The molecular formula is C13H14O5S. The van der Waals surface area contributed by atoms with Gasteiger partial charge in [-0.3, -0.25) is 4.79 Å². The van der Waals surface area contributed by atoms with Crippen LogP contribution >= 0.6 is 0 Å². The molecule has 1 unspecified atom stereocenters. The number of fused-ring (bicyclic) bond motifs is 1. The fourth-order valence-corrected chi connectivity index (χ4v) is 4.04. The predicted octanol–water partition coefficient (Wildman–Crippen LogP) is 1.93. The van der Waals surface area contributed by atoms with Crippen molar-refractivity contribution in [2.24, 2.45) is 5.92 Å². The van der Waals surface area contributed by atoms with E-state index in [1.54, 1.807) is 19.1 Å². The minimum Gasteiger partial charge on any atom is -0.496 e. The summed E-state index contributed by atoms with van der Waals surface area (Å²) in [6, 6.07) is 4.79. The van der Waals surface area contributed by atoms with E-state index in [0.29, 0.717) is 11.3 Å². The molecular weight excluding hydrogens is 268 g/mol. The van der Waals surface area contributed by atoms with E-state index in [-0.39, 0.29) is 16.2 Å². The lowest BCUT2D eigenvalue weighted by Crippen LogP contribution is -2.12.